The van der Waals surface area contributed by atoms with Gasteiger partial charge in [0, 0.05) is 25.8 Å². The van der Waals surface area contributed by atoms with Crippen molar-refractivity contribution in [2.24, 2.45) is 0 Å². The summed E-state index contributed by atoms with van der Waals surface area (Å²) >= 11 is 14.4. The van der Waals surface area contributed by atoms with Gasteiger partial charge in [0.15, 0.2) is 0 Å². The zero-order valence-electron chi connectivity index (χ0n) is 3.57. The smallest absolute Gasteiger partial charge is 0.356 e. The quantitative estimate of drug-likeness (QED) is 0.673. The van der Waals surface area contributed by atoms with Crippen molar-refractivity contribution >= 4 is 66.6 Å². The molecule has 0 aromatic heterocycles. The van der Waals surface area contributed by atoms with E-state index in [1.54, 1.807) is 0 Å². The van der Waals surface area contributed by atoms with Gasteiger partial charge in [-0.05, 0) is 0 Å². The average molecular weight is 278 g/mol. The molecule has 0 spiro atoms. The molecule has 0 unspecified atom stereocenters. The van der Waals surface area contributed by atoms with Crippen LogP contribution in [0, 0.1) is 0 Å². The third-order valence-electron chi connectivity index (χ3n) is 0.243. The van der Waals surface area contributed by atoms with E-state index in [2.05, 4.69) is 0 Å². The minimum absolute atomic E-state index is 0. The fraction of sp³-hybridized carbons (Fsp3) is 0.500. The fourth-order valence-electron chi connectivity index (χ4n) is 0. The van der Waals surface area contributed by atoms with Gasteiger partial charge in [-0.3, -0.25) is 0 Å². The predicted molar refractivity (Wildman–Crippen MR) is 33.7 cm³/mol. The van der Waals surface area contributed by atoms with Crippen molar-refractivity contribution in [1.29, 1.82) is 0 Å². The molecule has 0 aliphatic carbocycles. The van der Waals surface area contributed by atoms with Gasteiger partial charge in [-0.15, -0.1) is 0 Å². The zero-order chi connectivity index (χ0) is 6.08. The van der Waals surface area contributed by atoms with E-state index >= 15 is 0 Å². The van der Waals surface area contributed by atoms with Gasteiger partial charge in [0.25, 0.3) is 3.79 Å². The van der Waals surface area contributed by atoms with Crippen LogP contribution in [-0.2, 0) is 4.79 Å². The minimum atomic E-state index is -2.17. The molecule has 0 amide bonds. The number of alkyl halides is 3. The van der Waals surface area contributed by atoms with Crippen LogP contribution in [0.15, 0.2) is 0 Å². The van der Waals surface area contributed by atoms with Gasteiger partial charge in [-0.25, -0.2) is 4.79 Å². The number of aliphatic carboxylic acids is 1. The summed E-state index contributed by atoms with van der Waals surface area (Å²) in [5.41, 5.74) is 0. The molecular formula is C2HCl3InO2. The summed E-state index contributed by atoms with van der Waals surface area (Å²) < 4.78 is -2.17. The summed E-state index contributed by atoms with van der Waals surface area (Å²) in [7, 11) is 0. The zero-order valence-corrected chi connectivity index (χ0v) is 9.13. The van der Waals surface area contributed by atoms with Gasteiger partial charge in [0.2, 0.25) is 0 Å². The SMILES string of the molecule is O=C(O)C(Cl)(Cl)Cl.[In]. The summed E-state index contributed by atoms with van der Waals surface area (Å²) in [6.07, 6.45) is 0. The van der Waals surface area contributed by atoms with Crippen LogP contribution >= 0.6 is 34.8 Å². The molecule has 0 aromatic carbocycles. The molecule has 0 aliphatic heterocycles. The Bertz CT molecular complexity index is 87.8. The number of carboxylic acid groups (broad SMARTS) is 1. The van der Waals surface area contributed by atoms with E-state index in [1.165, 1.54) is 0 Å². The van der Waals surface area contributed by atoms with Gasteiger partial charge in [-0.1, -0.05) is 34.8 Å². The van der Waals surface area contributed by atoms with E-state index in [1.807, 2.05) is 0 Å². The molecule has 0 fully saturated rings. The normalized spacial score (nSPS) is 9.88. The van der Waals surface area contributed by atoms with Crippen LogP contribution in [0.1, 0.15) is 0 Å². The molecule has 0 heterocycles. The van der Waals surface area contributed by atoms with E-state index in [0.29, 0.717) is 0 Å². The maximum Gasteiger partial charge on any atom is 0.356 e. The van der Waals surface area contributed by atoms with Gasteiger partial charge in [-0.2, -0.15) is 0 Å². The van der Waals surface area contributed by atoms with E-state index < -0.39 is 9.76 Å². The summed E-state index contributed by atoms with van der Waals surface area (Å²) in [5, 5.41) is 7.85. The first kappa shape index (κ1) is 11.9. The van der Waals surface area contributed by atoms with E-state index in [9.17, 15) is 4.79 Å². The molecule has 45 valence electrons. The molecule has 3 radical (unpaired) electrons. The Hall–Kier alpha value is 1.21. The van der Waals surface area contributed by atoms with Crippen LogP contribution in [0.4, 0.5) is 0 Å². The summed E-state index contributed by atoms with van der Waals surface area (Å²) in [6, 6.07) is 0. The van der Waals surface area contributed by atoms with Crippen molar-refractivity contribution in [3.63, 3.8) is 0 Å². The summed E-state index contributed by atoms with van der Waals surface area (Å²) in [5.74, 6) is -1.46. The molecule has 0 atom stereocenters. The Morgan fingerprint density at radius 1 is 1.38 bits per heavy atom. The van der Waals surface area contributed by atoms with Gasteiger partial charge in [0.1, 0.15) is 0 Å². The average Bonchev–Trinajstić information content (AvgIpc) is 1.31. The largest absolute Gasteiger partial charge is 0.478 e. The van der Waals surface area contributed by atoms with Crippen LogP contribution in [0.25, 0.3) is 0 Å². The van der Waals surface area contributed by atoms with Crippen molar-refractivity contribution in [2.45, 2.75) is 3.79 Å². The van der Waals surface area contributed by atoms with E-state index in [0.717, 1.165) is 0 Å². The first-order valence-corrected chi connectivity index (χ1v) is 2.38. The first-order chi connectivity index (χ1) is 2.94. The Kier molecular flexibility index (Phi) is 6.11. The molecule has 0 aromatic rings. The number of halogens is 3. The van der Waals surface area contributed by atoms with Crippen LogP contribution in [-0.4, -0.2) is 40.7 Å². The van der Waals surface area contributed by atoms with Crippen molar-refractivity contribution < 1.29 is 9.90 Å². The number of hydrogen-bond donors (Lipinski definition) is 1. The molecule has 6 heteroatoms. The number of hydrogen-bond acceptors (Lipinski definition) is 1. The Balaban J connectivity index is 0. The van der Waals surface area contributed by atoms with Crippen molar-refractivity contribution in [3.8, 4) is 0 Å². The molecule has 1 N–H and O–H groups in total. The maximum atomic E-state index is 9.62. The van der Waals surface area contributed by atoms with Gasteiger partial charge in [0.05, 0.1) is 0 Å². The van der Waals surface area contributed by atoms with Crippen LogP contribution in [0.2, 0.25) is 0 Å². The van der Waals surface area contributed by atoms with E-state index in [-0.39, 0.29) is 25.8 Å². The van der Waals surface area contributed by atoms with Crippen molar-refractivity contribution in [2.75, 3.05) is 0 Å². The van der Waals surface area contributed by atoms with Gasteiger partial charge >= 0.3 is 5.97 Å². The Morgan fingerprint density at radius 3 is 1.50 bits per heavy atom. The van der Waals surface area contributed by atoms with Crippen LogP contribution in [0.5, 0.6) is 0 Å². The molecule has 0 bridgehead atoms. The predicted octanol–water partition coefficient (Wildman–Crippen LogP) is 1.06. The second-order valence-corrected chi connectivity index (χ2v) is 3.08. The first-order valence-electron chi connectivity index (χ1n) is 1.24. The molecule has 0 aliphatic rings. The maximum absolute atomic E-state index is 9.62. The molecular weight excluding hydrogens is 277 g/mol. The molecule has 0 rings (SSSR count). The second kappa shape index (κ2) is 4.09. The third kappa shape index (κ3) is 5.35. The topological polar surface area (TPSA) is 37.3 Å². The Labute approximate surface area is 79.9 Å². The van der Waals surface area contributed by atoms with Crippen molar-refractivity contribution in [1.82, 2.24) is 0 Å². The van der Waals surface area contributed by atoms with Crippen LogP contribution in [0.3, 0.4) is 0 Å². The Morgan fingerprint density at radius 2 is 1.50 bits per heavy atom. The fourth-order valence-corrected chi connectivity index (χ4v) is 0. The monoisotopic (exact) mass is 277 g/mol. The molecule has 8 heavy (non-hydrogen) atoms. The third-order valence-corrected chi connectivity index (χ3v) is 0.728. The van der Waals surface area contributed by atoms with Gasteiger partial charge < -0.3 is 5.11 Å². The number of rotatable bonds is 0. The summed E-state index contributed by atoms with van der Waals surface area (Å²) in [4.78, 5) is 9.62. The van der Waals surface area contributed by atoms with E-state index in [4.69, 9.17) is 39.9 Å². The van der Waals surface area contributed by atoms with Crippen LogP contribution < -0.4 is 0 Å². The number of carbonyl (C=O) groups is 1. The standard InChI is InChI=1S/C2HCl3O2.In/c3-2(4,5)1(6)7;/h(H,6,7);. The molecule has 2 nitrogen and oxygen atoms in total. The second-order valence-electron chi connectivity index (χ2n) is 0.803. The molecule has 0 saturated carbocycles. The minimum Gasteiger partial charge on any atom is -0.478 e. The molecule has 0 saturated heterocycles. The van der Waals surface area contributed by atoms with Crippen molar-refractivity contribution in [3.05, 3.63) is 0 Å². The number of carboxylic acids is 1. The summed E-state index contributed by atoms with van der Waals surface area (Å²) in [6.45, 7) is 0.